The number of rotatable bonds is 5. The molecule has 1 aromatic carbocycles. The van der Waals surface area contributed by atoms with E-state index in [1.807, 2.05) is 26.0 Å². The van der Waals surface area contributed by atoms with E-state index in [-0.39, 0.29) is 24.4 Å². The van der Waals surface area contributed by atoms with Gasteiger partial charge in [0.15, 0.2) is 0 Å². The second-order valence-electron chi connectivity index (χ2n) is 5.70. The molecule has 0 fully saturated rings. The molecule has 0 aliphatic carbocycles. The van der Waals surface area contributed by atoms with Crippen LogP contribution in [-0.4, -0.2) is 22.6 Å². The van der Waals surface area contributed by atoms with Crippen molar-refractivity contribution >= 4 is 33.1 Å². The van der Waals surface area contributed by atoms with E-state index in [1.54, 1.807) is 19.2 Å². The molecule has 3 rings (SSSR count). The average molecular weight is 357 g/mol. The normalized spacial score (nSPS) is 10.8. The van der Waals surface area contributed by atoms with Crippen LogP contribution in [0, 0.1) is 13.8 Å². The first-order valence-corrected chi connectivity index (χ1v) is 8.71. The number of para-hydroxylation sites is 2. The van der Waals surface area contributed by atoms with E-state index in [1.165, 1.54) is 22.2 Å². The van der Waals surface area contributed by atoms with E-state index in [2.05, 4.69) is 10.3 Å². The Morgan fingerprint density at radius 3 is 2.84 bits per heavy atom. The molecule has 0 saturated heterocycles. The van der Waals surface area contributed by atoms with Crippen LogP contribution in [0.25, 0.3) is 10.2 Å². The molecule has 25 heavy (non-hydrogen) atoms. The molecule has 2 heterocycles. The zero-order valence-corrected chi connectivity index (χ0v) is 15.1. The van der Waals surface area contributed by atoms with Crippen LogP contribution in [0.5, 0.6) is 5.75 Å². The number of thiophene rings is 1. The van der Waals surface area contributed by atoms with E-state index >= 15 is 0 Å². The summed E-state index contributed by atoms with van der Waals surface area (Å²) in [5, 5.41) is 3.45. The van der Waals surface area contributed by atoms with Crippen LogP contribution >= 0.6 is 11.3 Å². The van der Waals surface area contributed by atoms with Crippen molar-refractivity contribution in [2.24, 2.45) is 0 Å². The molecule has 1 N–H and O–H groups in total. The first-order valence-electron chi connectivity index (χ1n) is 7.89. The number of hydrogen-bond donors (Lipinski definition) is 1. The minimum Gasteiger partial charge on any atom is -0.495 e. The standard InChI is InChI=1S/C18H19N3O3S/c1-11-12(2)25-17-16(11)18(23)21(10-19-17)9-8-15(22)20-13-6-4-5-7-14(13)24-3/h4-7,10H,8-9H2,1-3H3,(H,20,22). The van der Waals surface area contributed by atoms with Crippen LogP contribution in [0.1, 0.15) is 16.9 Å². The molecule has 0 atom stereocenters. The molecular weight excluding hydrogens is 338 g/mol. The summed E-state index contributed by atoms with van der Waals surface area (Å²) in [6.07, 6.45) is 1.68. The number of carbonyl (C=O) groups is 1. The molecule has 3 aromatic rings. The topological polar surface area (TPSA) is 73.2 Å². The van der Waals surface area contributed by atoms with Crippen LogP contribution in [0.3, 0.4) is 0 Å². The molecule has 0 aliphatic rings. The van der Waals surface area contributed by atoms with Crippen LogP contribution in [-0.2, 0) is 11.3 Å². The SMILES string of the molecule is COc1ccccc1NC(=O)CCn1cnc2sc(C)c(C)c2c1=O. The Morgan fingerprint density at radius 2 is 2.08 bits per heavy atom. The van der Waals surface area contributed by atoms with Crippen molar-refractivity contribution < 1.29 is 9.53 Å². The maximum Gasteiger partial charge on any atom is 0.262 e. The molecule has 1 amide bonds. The Balaban J connectivity index is 1.74. The molecule has 0 spiro atoms. The van der Waals surface area contributed by atoms with E-state index in [0.717, 1.165) is 15.3 Å². The number of aromatic nitrogens is 2. The number of amides is 1. The largest absolute Gasteiger partial charge is 0.495 e. The van der Waals surface area contributed by atoms with Gasteiger partial charge in [-0.2, -0.15) is 0 Å². The lowest BCUT2D eigenvalue weighted by Gasteiger charge is -2.10. The van der Waals surface area contributed by atoms with Gasteiger partial charge in [-0.05, 0) is 31.5 Å². The highest BCUT2D eigenvalue weighted by Crippen LogP contribution is 2.25. The lowest BCUT2D eigenvalue weighted by molar-refractivity contribution is -0.116. The number of ether oxygens (including phenoxy) is 1. The number of fused-ring (bicyclic) bond motifs is 1. The summed E-state index contributed by atoms with van der Waals surface area (Å²) >= 11 is 1.51. The van der Waals surface area contributed by atoms with Crippen molar-refractivity contribution in [2.45, 2.75) is 26.8 Å². The van der Waals surface area contributed by atoms with Crippen LogP contribution in [0.2, 0.25) is 0 Å². The van der Waals surface area contributed by atoms with Gasteiger partial charge in [0.05, 0.1) is 24.5 Å². The van der Waals surface area contributed by atoms with Gasteiger partial charge in [0.2, 0.25) is 5.91 Å². The van der Waals surface area contributed by atoms with E-state index in [4.69, 9.17) is 4.74 Å². The molecule has 7 heteroatoms. The van der Waals surface area contributed by atoms with Crippen molar-refractivity contribution in [2.75, 3.05) is 12.4 Å². The van der Waals surface area contributed by atoms with Gasteiger partial charge in [-0.15, -0.1) is 11.3 Å². The zero-order valence-electron chi connectivity index (χ0n) is 14.3. The van der Waals surface area contributed by atoms with Crippen molar-refractivity contribution in [3.8, 4) is 5.75 Å². The predicted molar refractivity (Wildman–Crippen MR) is 99.6 cm³/mol. The summed E-state index contributed by atoms with van der Waals surface area (Å²) in [4.78, 5) is 31.0. The van der Waals surface area contributed by atoms with Gasteiger partial charge in [-0.25, -0.2) is 4.98 Å². The van der Waals surface area contributed by atoms with Gasteiger partial charge in [-0.1, -0.05) is 12.1 Å². The lowest BCUT2D eigenvalue weighted by Crippen LogP contribution is -2.23. The van der Waals surface area contributed by atoms with Gasteiger partial charge < -0.3 is 10.1 Å². The molecular formula is C18H19N3O3S. The maximum absolute atomic E-state index is 12.6. The number of carbonyl (C=O) groups excluding carboxylic acids is 1. The second-order valence-corrected chi connectivity index (χ2v) is 6.91. The minimum absolute atomic E-state index is 0.100. The third-order valence-electron chi connectivity index (χ3n) is 4.12. The minimum atomic E-state index is -0.185. The summed E-state index contributed by atoms with van der Waals surface area (Å²) in [7, 11) is 1.55. The first kappa shape index (κ1) is 17.2. The smallest absolute Gasteiger partial charge is 0.262 e. The molecule has 0 bridgehead atoms. The average Bonchev–Trinajstić information content (AvgIpc) is 2.90. The molecule has 130 valence electrons. The Kier molecular flexibility index (Phi) is 4.85. The second kappa shape index (κ2) is 7.06. The monoisotopic (exact) mass is 357 g/mol. The summed E-state index contributed by atoms with van der Waals surface area (Å²) in [5.74, 6) is 0.412. The molecule has 0 aliphatic heterocycles. The molecule has 6 nitrogen and oxygen atoms in total. The number of methoxy groups -OCH3 is 1. The van der Waals surface area contributed by atoms with Crippen LogP contribution in [0.4, 0.5) is 5.69 Å². The lowest BCUT2D eigenvalue weighted by atomic mass is 10.2. The molecule has 0 radical (unpaired) electrons. The maximum atomic E-state index is 12.6. The van der Waals surface area contributed by atoms with Gasteiger partial charge in [0.1, 0.15) is 10.6 Å². The molecule has 2 aromatic heterocycles. The summed E-state index contributed by atoms with van der Waals surface area (Å²) in [6, 6.07) is 7.20. The van der Waals surface area contributed by atoms with Gasteiger partial charge in [0, 0.05) is 17.8 Å². The third kappa shape index (κ3) is 3.41. The Hall–Kier alpha value is -2.67. The van der Waals surface area contributed by atoms with Crippen molar-refractivity contribution in [3.05, 3.63) is 51.4 Å². The van der Waals surface area contributed by atoms with Crippen LogP contribution in [0.15, 0.2) is 35.4 Å². The predicted octanol–water partition coefficient (Wildman–Crippen LogP) is 3.11. The molecule has 0 unspecified atom stereocenters. The van der Waals surface area contributed by atoms with Gasteiger partial charge in [-0.3, -0.25) is 14.2 Å². The fourth-order valence-electron chi connectivity index (χ4n) is 2.61. The molecule has 0 saturated carbocycles. The number of hydrogen-bond acceptors (Lipinski definition) is 5. The number of benzene rings is 1. The Morgan fingerprint density at radius 1 is 1.32 bits per heavy atom. The fourth-order valence-corrected chi connectivity index (χ4v) is 3.60. The fraction of sp³-hybridized carbons (Fsp3) is 0.278. The Bertz CT molecular complexity index is 991. The number of nitrogens with one attached hydrogen (secondary N) is 1. The summed E-state index contributed by atoms with van der Waals surface area (Å²) in [5.41, 5.74) is 1.47. The number of anilines is 1. The highest BCUT2D eigenvalue weighted by molar-refractivity contribution is 7.18. The number of nitrogens with zero attached hydrogens (tertiary/aromatic N) is 2. The van der Waals surface area contributed by atoms with Crippen LogP contribution < -0.4 is 15.6 Å². The highest BCUT2D eigenvalue weighted by atomic mass is 32.1. The number of aryl methyl sites for hydroxylation is 3. The van der Waals surface area contributed by atoms with Crippen molar-refractivity contribution in [3.63, 3.8) is 0 Å². The summed E-state index contributed by atoms with van der Waals surface area (Å²) in [6.45, 7) is 4.18. The highest BCUT2D eigenvalue weighted by Gasteiger charge is 2.13. The third-order valence-corrected chi connectivity index (χ3v) is 5.23. The first-order chi connectivity index (χ1) is 12.0. The zero-order chi connectivity index (χ0) is 18.0. The van der Waals surface area contributed by atoms with Crippen molar-refractivity contribution in [1.29, 1.82) is 0 Å². The van der Waals surface area contributed by atoms with Gasteiger partial charge >= 0.3 is 0 Å². The quantitative estimate of drug-likeness (QED) is 0.761. The van der Waals surface area contributed by atoms with E-state index in [9.17, 15) is 9.59 Å². The van der Waals surface area contributed by atoms with Gasteiger partial charge in [0.25, 0.3) is 5.56 Å². The van der Waals surface area contributed by atoms with E-state index < -0.39 is 0 Å². The summed E-state index contributed by atoms with van der Waals surface area (Å²) < 4.78 is 6.70. The van der Waals surface area contributed by atoms with Crippen molar-refractivity contribution in [1.82, 2.24) is 9.55 Å². The Labute approximate surface area is 149 Å². The van der Waals surface area contributed by atoms with E-state index in [0.29, 0.717) is 16.8 Å².